The third-order valence-electron chi connectivity index (χ3n) is 7.56. The summed E-state index contributed by atoms with van der Waals surface area (Å²) in [5.41, 5.74) is 7.96. The van der Waals surface area contributed by atoms with Crippen molar-refractivity contribution >= 4 is 38.0 Å². The van der Waals surface area contributed by atoms with Gasteiger partial charge in [0.05, 0.1) is 22.9 Å². The molecule has 0 saturated heterocycles. The third-order valence-corrected chi connectivity index (χ3v) is 9.92. The minimum Gasteiger partial charge on any atom is -0.490 e. The predicted octanol–water partition coefficient (Wildman–Crippen LogP) is 5.80. The Kier molecular flexibility index (Phi) is 9.05. The van der Waals surface area contributed by atoms with E-state index in [9.17, 15) is 13.2 Å². The number of amides is 1. The number of nitrogen functional groups attached to an aromatic ring is 1. The summed E-state index contributed by atoms with van der Waals surface area (Å²) >= 11 is 0. The van der Waals surface area contributed by atoms with Crippen LogP contribution in [-0.2, 0) is 21.2 Å². The second kappa shape index (κ2) is 12.9. The van der Waals surface area contributed by atoms with Crippen molar-refractivity contribution in [3.05, 3.63) is 84.1 Å². The zero-order chi connectivity index (χ0) is 30.6. The highest BCUT2D eigenvalue weighted by molar-refractivity contribution is 7.92. The first-order valence-electron chi connectivity index (χ1n) is 14.6. The fourth-order valence-electron chi connectivity index (χ4n) is 5.15. The topological polar surface area (TPSA) is 133 Å². The van der Waals surface area contributed by atoms with Gasteiger partial charge in [0.1, 0.15) is 11.9 Å². The second-order valence-corrected chi connectivity index (χ2v) is 13.1. The van der Waals surface area contributed by atoms with Gasteiger partial charge in [-0.15, -0.1) is 0 Å². The van der Waals surface area contributed by atoms with E-state index in [1.807, 2.05) is 51.1 Å². The lowest BCUT2D eigenvalue weighted by molar-refractivity contribution is -0.122. The highest BCUT2D eigenvalue weighted by atomic mass is 32.2. The van der Waals surface area contributed by atoms with Crippen LogP contribution in [0.5, 0.6) is 11.5 Å². The van der Waals surface area contributed by atoms with E-state index in [1.165, 1.54) is 0 Å². The number of anilines is 2. The molecule has 1 aliphatic carbocycles. The highest BCUT2D eigenvalue weighted by Gasteiger charge is 2.34. The van der Waals surface area contributed by atoms with Gasteiger partial charge in [-0.25, -0.2) is 13.4 Å². The predicted molar refractivity (Wildman–Crippen MR) is 169 cm³/mol. The number of benzene rings is 3. The van der Waals surface area contributed by atoms with Crippen LogP contribution in [0, 0.1) is 0 Å². The van der Waals surface area contributed by atoms with Gasteiger partial charge in [0.2, 0.25) is 5.91 Å². The molecular weight excluding hydrogens is 564 g/mol. The number of hydrogen-bond donors (Lipinski definition) is 3. The molecule has 1 amide bonds. The molecular formula is C33H38N4O5S. The number of carbonyl (C=O) groups excluding carboxylic acids is 1. The first-order chi connectivity index (χ1) is 20.7. The summed E-state index contributed by atoms with van der Waals surface area (Å²) in [5, 5.41) is 7.68. The van der Waals surface area contributed by atoms with E-state index in [0.717, 1.165) is 17.2 Å². The van der Waals surface area contributed by atoms with Crippen LogP contribution in [0.2, 0.25) is 0 Å². The van der Waals surface area contributed by atoms with Crippen LogP contribution in [0.3, 0.4) is 0 Å². The highest BCUT2D eigenvalue weighted by Crippen LogP contribution is 2.35. The van der Waals surface area contributed by atoms with Gasteiger partial charge in [0.15, 0.2) is 21.3 Å². The lowest BCUT2D eigenvalue weighted by Gasteiger charge is -2.26. The molecule has 3 aromatic carbocycles. The minimum absolute atomic E-state index is 0.0573. The maximum atomic E-state index is 13.9. The van der Waals surface area contributed by atoms with E-state index in [0.29, 0.717) is 53.6 Å². The molecule has 1 saturated carbocycles. The molecule has 1 fully saturated rings. The van der Waals surface area contributed by atoms with Gasteiger partial charge in [-0.2, -0.15) is 0 Å². The van der Waals surface area contributed by atoms with Crippen molar-refractivity contribution in [3.63, 3.8) is 0 Å². The van der Waals surface area contributed by atoms with Crippen LogP contribution in [0.4, 0.5) is 11.5 Å². The summed E-state index contributed by atoms with van der Waals surface area (Å²) in [6, 6.07) is 19.0. The fourth-order valence-corrected chi connectivity index (χ4v) is 7.24. The molecule has 4 N–H and O–H groups in total. The lowest BCUT2D eigenvalue weighted by atomic mass is 10.00. The van der Waals surface area contributed by atoms with Gasteiger partial charge in [0.25, 0.3) is 0 Å². The number of nitrogens with one attached hydrogen (secondary N) is 2. The number of ether oxygens (including phenoxy) is 2. The van der Waals surface area contributed by atoms with E-state index in [-0.39, 0.29) is 28.7 Å². The molecule has 0 radical (unpaired) electrons. The molecule has 226 valence electrons. The number of carbonyl (C=O) groups is 1. The SMILES string of the molecule is CCOc1cc(C(Nc2ccc3c(N)nccc3c2)C(=O)NCc2ccccc2S(=O)(=O)C2CCC2)ccc1OC(C)C. The van der Waals surface area contributed by atoms with Crippen LogP contribution in [0.1, 0.15) is 57.2 Å². The maximum Gasteiger partial charge on any atom is 0.247 e. The Morgan fingerprint density at radius 2 is 1.84 bits per heavy atom. The number of hydrogen-bond acceptors (Lipinski definition) is 8. The summed E-state index contributed by atoms with van der Waals surface area (Å²) in [5.74, 6) is 1.22. The van der Waals surface area contributed by atoms with Gasteiger partial charge in [-0.3, -0.25) is 4.79 Å². The number of rotatable bonds is 12. The van der Waals surface area contributed by atoms with E-state index >= 15 is 0 Å². The van der Waals surface area contributed by atoms with Gasteiger partial charge in [0, 0.05) is 23.8 Å². The fraction of sp³-hybridized carbons (Fsp3) is 0.333. The molecule has 5 rings (SSSR count). The number of fused-ring (bicyclic) bond motifs is 1. The van der Waals surface area contributed by atoms with E-state index in [2.05, 4.69) is 15.6 Å². The Hall–Kier alpha value is -4.31. The lowest BCUT2D eigenvalue weighted by Crippen LogP contribution is -2.34. The zero-order valence-corrected chi connectivity index (χ0v) is 25.5. The van der Waals surface area contributed by atoms with E-state index in [4.69, 9.17) is 15.2 Å². The smallest absolute Gasteiger partial charge is 0.247 e. The molecule has 9 nitrogen and oxygen atoms in total. The summed E-state index contributed by atoms with van der Waals surface area (Å²) in [7, 11) is -3.47. The van der Waals surface area contributed by atoms with Crippen molar-refractivity contribution in [3.8, 4) is 11.5 Å². The van der Waals surface area contributed by atoms with Crippen molar-refractivity contribution in [1.82, 2.24) is 10.3 Å². The standard InChI is InChI=1S/C33H38N4O5S/c1-4-41-29-19-23(12-15-28(29)42-21(2)3)31(37-25-13-14-27-22(18-25)16-17-35-32(27)34)33(38)36-20-24-8-5-6-11-30(24)43(39,40)26-9-7-10-26/h5-6,8,11-19,21,26,31,37H,4,7,9-10,20H2,1-3H3,(H2,34,35)(H,36,38). The van der Waals surface area contributed by atoms with E-state index < -0.39 is 15.9 Å². The molecule has 10 heteroatoms. The summed E-state index contributed by atoms with van der Waals surface area (Å²) in [6.07, 6.45) is 3.84. The summed E-state index contributed by atoms with van der Waals surface area (Å²) in [4.78, 5) is 18.3. The maximum absolute atomic E-state index is 13.9. The van der Waals surface area contributed by atoms with Crippen molar-refractivity contribution in [2.45, 2.75) is 68.9 Å². The molecule has 43 heavy (non-hydrogen) atoms. The molecule has 0 aliphatic heterocycles. The molecule has 1 atom stereocenters. The van der Waals surface area contributed by atoms with Crippen molar-refractivity contribution in [2.24, 2.45) is 0 Å². The Balaban J connectivity index is 1.46. The normalized spacial score (nSPS) is 14.2. The van der Waals surface area contributed by atoms with Gasteiger partial charge in [-0.1, -0.05) is 30.7 Å². The molecule has 1 heterocycles. The van der Waals surface area contributed by atoms with E-state index in [1.54, 1.807) is 42.6 Å². The first-order valence-corrected chi connectivity index (χ1v) is 16.2. The average molecular weight is 603 g/mol. The Morgan fingerprint density at radius 1 is 1.05 bits per heavy atom. The quantitative estimate of drug-likeness (QED) is 0.185. The molecule has 0 spiro atoms. The van der Waals surface area contributed by atoms with Crippen LogP contribution in [-0.4, -0.2) is 37.3 Å². The Labute approximate surface area is 252 Å². The Morgan fingerprint density at radius 3 is 2.56 bits per heavy atom. The zero-order valence-electron chi connectivity index (χ0n) is 24.7. The Bertz CT molecular complexity index is 1720. The molecule has 1 aromatic heterocycles. The largest absolute Gasteiger partial charge is 0.490 e. The van der Waals surface area contributed by atoms with Gasteiger partial charge >= 0.3 is 0 Å². The van der Waals surface area contributed by atoms with Gasteiger partial charge < -0.3 is 25.8 Å². The average Bonchev–Trinajstić information content (AvgIpc) is 2.94. The van der Waals surface area contributed by atoms with Crippen LogP contribution in [0.25, 0.3) is 10.8 Å². The number of nitrogens with zero attached hydrogens (tertiary/aromatic N) is 1. The number of sulfone groups is 1. The van der Waals surface area contributed by atoms with Crippen LogP contribution >= 0.6 is 0 Å². The molecule has 1 aliphatic rings. The van der Waals surface area contributed by atoms with Crippen LogP contribution < -0.4 is 25.8 Å². The monoisotopic (exact) mass is 602 g/mol. The minimum atomic E-state index is -3.47. The second-order valence-electron chi connectivity index (χ2n) is 10.9. The summed E-state index contributed by atoms with van der Waals surface area (Å²) in [6.45, 7) is 6.25. The number of nitrogens with two attached hydrogens (primary N) is 1. The summed E-state index contributed by atoms with van der Waals surface area (Å²) < 4.78 is 38.3. The molecule has 1 unspecified atom stereocenters. The third kappa shape index (κ3) is 6.69. The number of pyridine rings is 1. The first kappa shape index (κ1) is 30.2. The molecule has 0 bridgehead atoms. The van der Waals surface area contributed by atoms with Gasteiger partial charge in [-0.05, 0) is 92.6 Å². The van der Waals surface area contributed by atoms with Crippen molar-refractivity contribution in [1.29, 1.82) is 0 Å². The number of aromatic nitrogens is 1. The van der Waals surface area contributed by atoms with Crippen molar-refractivity contribution in [2.75, 3.05) is 17.7 Å². The molecule has 4 aromatic rings. The van der Waals surface area contributed by atoms with Crippen molar-refractivity contribution < 1.29 is 22.7 Å². The van der Waals surface area contributed by atoms with Crippen LogP contribution in [0.15, 0.2) is 77.8 Å².